The minimum absolute atomic E-state index is 0.101. The van der Waals surface area contributed by atoms with Gasteiger partial charge in [0, 0.05) is 24.2 Å². The molecule has 8 heteroatoms. The van der Waals surface area contributed by atoms with Gasteiger partial charge in [-0.2, -0.15) is 0 Å². The fraction of sp³-hybridized carbons (Fsp3) is 0.583. The normalized spacial score (nSPS) is 20.1. The molecule has 2 aromatic heterocycles. The molecule has 1 aliphatic heterocycles. The fourth-order valence-corrected chi connectivity index (χ4v) is 5.31. The average molecular weight is 437 g/mol. The van der Waals surface area contributed by atoms with Crippen LogP contribution in [0.4, 0.5) is 0 Å². The van der Waals surface area contributed by atoms with E-state index >= 15 is 0 Å². The second-order valence-corrected chi connectivity index (χ2v) is 9.27. The summed E-state index contributed by atoms with van der Waals surface area (Å²) in [6.45, 7) is 3.54. The molecule has 2 aliphatic rings. The van der Waals surface area contributed by atoms with Crippen molar-refractivity contribution < 1.29 is 5.11 Å². The van der Waals surface area contributed by atoms with Crippen LogP contribution in [0.3, 0.4) is 0 Å². The molecule has 1 aliphatic carbocycles. The second kappa shape index (κ2) is 9.11. The number of aliphatic hydroxyl groups is 1. The molecule has 0 unspecified atom stereocenters. The zero-order valence-corrected chi connectivity index (χ0v) is 18.7. The Bertz CT molecular complexity index is 1120. The van der Waals surface area contributed by atoms with Gasteiger partial charge in [0.2, 0.25) is 0 Å². The molecule has 170 valence electrons. The highest BCUT2D eigenvalue weighted by molar-refractivity contribution is 5.80. The van der Waals surface area contributed by atoms with Crippen molar-refractivity contribution in [2.75, 3.05) is 13.1 Å². The van der Waals surface area contributed by atoms with Crippen LogP contribution >= 0.6 is 0 Å². The maximum Gasteiger partial charge on any atom is 0.253 e. The molecule has 32 heavy (non-hydrogen) atoms. The predicted octanol–water partition coefficient (Wildman–Crippen LogP) is 3.13. The van der Waals surface area contributed by atoms with Crippen molar-refractivity contribution in [3.05, 3.63) is 51.6 Å². The van der Waals surface area contributed by atoms with Gasteiger partial charge >= 0.3 is 0 Å². The van der Waals surface area contributed by atoms with Crippen LogP contribution in [0.1, 0.15) is 80.9 Å². The number of piperidine rings is 1. The number of hydrogen-bond donors (Lipinski definition) is 2. The molecule has 5 rings (SSSR count). The monoisotopic (exact) mass is 436 g/mol. The van der Waals surface area contributed by atoms with E-state index in [1.54, 1.807) is 0 Å². The highest BCUT2D eigenvalue weighted by Crippen LogP contribution is 2.34. The Labute approximate surface area is 187 Å². The molecule has 1 saturated heterocycles. The fourth-order valence-electron chi connectivity index (χ4n) is 5.31. The Morgan fingerprint density at radius 1 is 1.12 bits per heavy atom. The Kier molecular flexibility index (Phi) is 6.06. The van der Waals surface area contributed by atoms with Crippen molar-refractivity contribution in [2.24, 2.45) is 0 Å². The lowest BCUT2D eigenvalue weighted by atomic mass is 9.94. The summed E-state index contributed by atoms with van der Waals surface area (Å²) in [5.41, 5.74) is 2.65. The molecule has 1 atom stereocenters. The average Bonchev–Trinajstić information content (AvgIpc) is 3.30. The smallest absolute Gasteiger partial charge is 0.253 e. The summed E-state index contributed by atoms with van der Waals surface area (Å²) in [6.07, 6.45) is 7.78. The van der Waals surface area contributed by atoms with Gasteiger partial charge in [0.25, 0.3) is 5.56 Å². The molecule has 0 amide bonds. The third kappa shape index (κ3) is 4.09. The van der Waals surface area contributed by atoms with Crippen molar-refractivity contribution in [1.82, 2.24) is 30.1 Å². The van der Waals surface area contributed by atoms with E-state index in [4.69, 9.17) is 0 Å². The van der Waals surface area contributed by atoms with Gasteiger partial charge in [0.05, 0.1) is 12.1 Å². The van der Waals surface area contributed by atoms with E-state index in [1.165, 1.54) is 24.8 Å². The lowest BCUT2D eigenvalue weighted by Crippen LogP contribution is -2.42. The van der Waals surface area contributed by atoms with Crippen LogP contribution in [0, 0.1) is 0 Å². The number of fused-ring (bicyclic) bond motifs is 1. The van der Waals surface area contributed by atoms with Gasteiger partial charge in [-0.3, -0.25) is 9.69 Å². The number of nitrogens with one attached hydrogen (secondary N) is 1. The zero-order chi connectivity index (χ0) is 22.1. The van der Waals surface area contributed by atoms with Crippen molar-refractivity contribution in [2.45, 2.75) is 76.5 Å². The maximum absolute atomic E-state index is 13.3. The van der Waals surface area contributed by atoms with Crippen LogP contribution in [0.5, 0.6) is 0 Å². The molecule has 8 nitrogen and oxygen atoms in total. The van der Waals surface area contributed by atoms with Crippen molar-refractivity contribution in [3.63, 3.8) is 0 Å². The number of aliphatic hydroxyl groups excluding tert-OH is 1. The van der Waals surface area contributed by atoms with Crippen molar-refractivity contribution >= 4 is 10.9 Å². The van der Waals surface area contributed by atoms with E-state index in [0.717, 1.165) is 36.0 Å². The van der Waals surface area contributed by atoms with Crippen LogP contribution in [-0.2, 0) is 6.42 Å². The molecular weight excluding hydrogens is 404 g/mol. The van der Waals surface area contributed by atoms with Crippen molar-refractivity contribution in [3.8, 4) is 0 Å². The lowest BCUT2D eigenvalue weighted by molar-refractivity contribution is 0.0651. The number of hydrogen-bond acceptors (Lipinski definition) is 6. The molecule has 3 heterocycles. The largest absolute Gasteiger partial charge is 0.393 e. The van der Waals surface area contributed by atoms with Crippen molar-refractivity contribution in [1.29, 1.82) is 0 Å². The van der Waals surface area contributed by atoms with Gasteiger partial charge in [-0.1, -0.05) is 32.3 Å². The Morgan fingerprint density at radius 2 is 1.91 bits per heavy atom. The van der Waals surface area contributed by atoms with Crippen LogP contribution in [0.2, 0.25) is 0 Å². The molecular formula is C24H32N6O2. The number of tetrazole rings is 1. The Morgan fingerprint density at radius 3 is 2.66 bits per heavy atom. The first-order valence-electron chi connectivity index (χ1n) is 12.0. The minimum Gasteiger partial charge on any atom is -0.393 e. The number of nitrogens with zero attached hydrogens (tertiary/aromatic N) is 5. The molecule has 0 radical (unpaired) electrons. The Balaban J connectivity index is 1.62. The van der Waals surface area contributed by atoms with Crippen LogP contribution in [0.15, 0.2) is 29.1 Å². The third-order valence-electron chi connectivity index (χ3n) is 7.19. The third-order valence-corrected chi connectivity index (χ3v) is 7.19. The summed E-state index contributed by atoms with van der Waals surface area (Å²) in [5, 5.41) is 24.0. The van der Waals surface area contributed by atoms with Crippen LogP contribution in [0.25, 0.3) is 10.9 Å². The standard InChI is InChI=1S/C24H32N6O2/c1-2-16-8-9-21-17(14-16)15-20(24(32)25-21)22(29-12-10-19(31)11-13-29)23-26-27-28-30(23)18-6-4-3-5-7-18/h8-9,14-15,18-19,22,31H,2-7,10-13H2,1H3,(H,25,32)/t22-/m1/s1. The number of likely N-dealkylation sites (tertiary alicyclic amines) is 1. The van der Waals surface area contributed by atoms with Gasteiger partial charge in [-0.15, -0.1) is 5.10 Å². The number of rotatable bonds is 5. The summed E-state index contributed by atoms with van der Waals surface area (Å²) in [6, 6.07) is 8.15. The van der Waals surface area contributed by atoms with Gasteiger partial charge in [-0.05, 0) is 71.7 Å². The summed E-state index contributed by atoms with van der Waals surface area (Å²) in [5.74, 6) is 0.741. The van der Waals surface area contributed by atoms with E-state index < -0.39 is 0 Å². The van der Waals surface area contributed by atoms with E-state index in [9.17, 15) is 9.90 Å². The summed E-state index contributed by atoms with van der Waals surface area (Å²) in [4.78, 5) is 18.7. The number of H-pyrrole nitrogens is 1. The quantitative estimate of drug-likeness (QED) is 0.637. The number of benzene rings is 1. The molecule has 0 spiro atoms. The highest BCUT2D eigenvalue weighted by atomic mass is 16.3. The zero-order valence-electron chi connectivity index (χ0n) is 18.7. The number of pyridine rings is 1. The minimum atomic E-state index is -0.335. The first kappa shape index (κ1) is 21.3. The number of aryl methyl sites for hydroxylation is 1. The second-order valence-electron chi connectivity index (χ2n) is 9.27. The van der Waals surface area contributed by atoms with Gasteiger partial charge < -0.3 is 10.1 Å². The number of aromatic nitrogens is 5. The summed E-state index contributed by atoms with van der Waals surface area (Å²) in [7, 11) is 0. The topological polar surface area (TPSA) is 99.9 Å². The first-order chi connectivity index (χ1) is 15.6. The first-order valence-corrected chi connectivity index (χ1v) is 12.0. The van der Waals surface area contributed by atoms with Crippen LogP contribution < -0.4 is 5.56 Å². The molecule has 3 aromatic rings. The molecule has 2 N–H and O–H groups in total. The molecule has 1 aromatic carbocycles. The molecule has 2 fully saturated rings. The van der Waals surface area contributed by atoms with E-state index in [2.05, 4.69) is 44.5 Å². The van der Waals surface area contributed by atoms with Gasteiger partial charge in [0.15, 0.2) is 5.82 Å². The summed E-state index contributed by atoms with van der Waals surface area (Å²) >= 11 is 0. The molecule has 0 bridgehead atoms. The van der Waals surface area contributed by atoms with E-state index in [-0.39, 0.29) is 23.7 Å². The van der Waals surface area contributed by atoms with Gasteiger partial charge in [0.1, 0.15) is 6.04 Å². The van der Waals surface area contributed by atoms with E-state index in [1.807, 2.05) is 16.8 Å². The summed E-state index contributed by atoms with van der Waals surface area (Å²) < 4.78 is 1.97. The molecule has 1 saturated carbocycles. The maximum atomic E-state index is 13.3. The lowest BCUT2D eigenvalue weighted by Gasteiger charge is -2.36. The Hall–Kier alpha value is -2.58. The SMILES string of the molecule is CCc1ccc2[nH]c(=O)c([C@H](c3nnnn3C3CCCCC3)N3CCC(O)CC3)cc2c1. The van der Waals surface area contributed by atoms with Gasteiger partial charge in [-0.25, -0.2) is 4.68 Å². The van der Waals surface area contributed by atoms with E-state index in [0.29, 0.717) is 31.5 Å². The number of aromatic amines is 1. The van der Waals surface area contributed by atoms with Crippen LogP contribution in [-0.4, -0.2) is 54.4 Å². The highest BCUT2D eigenvalue weighted by Gasteiger charge is 2.34. The predicted molar refractivity (Wildman–Crippen MR) is 123 cm³/mol.